The number of hydrogen-bond donors (Lipinski definition) is 1. The molecule has 0 aliphatic heterocycles. The molecule has 0 heterocycles. The van der Waals surface area contributed by atoms with E-state index in [1.54, 1.807) is 0 Å². The Morgan fingerprint density at radius 2 is 1.53 bits per heavy atom. The van der Waals surface area contributed by atoms with Crippen LogP contribution in [-0.4, -0.2) is 18.5 Å². The third-order valence-electron chi connectivity index (χ3n) is 2.13. The molecule has 0 amide bonds. The molecule has 0 saturated carbocycles. The summed E-state index contributed by atoms with van der Waals surface area (Å²) < 4.78 is 90.4. The van der Waals surface area contributed by atoms with Crippen LogP contribution in [0.5, 0.6) is 5.75 Å². The first-order valence-electron chi connectivity index (χ1n) is 4.78. The maximum absolute atomic E-state index is 13.0. The summed E-state index contributed by atoms with van der Waals surface area (Å²) in [6.07, 6.45) is -15.3. The Morgan fingerprint density at radius 3 is 1.95 bits per heavy atom. The van der Waals surface area contributed by atoms with E-state index >= 15 is 0 Å². The molecular formula is C10H8F7NO. The fourth-order valence-electron chi connectivity index (χ4n) is 1.22. The molecule has 0 aliphatic carbocycles. The van der Waals surface area contributed by atoms with Gasteiger partial charge in [0.25, 0.3) is 6.10 Å². The highest BCUT2D eigenvalue weighted by Crippen LogP contribution is 2.38. The van der Waals surface area contributed by atoms with Crippen molar-refractivity contribution in [3.05, 3.63) is 23.5 Å². The van der Waals surface area contributed by atoms with E-state index < -0.39 is 35.7 Å². The van der Waals surface area contributed by atoms with Crippen molar-refractivity contribution in [3.8, 4) is 5.75 Å². The predicted octanol–water partition coefficient (Wildman–Crippen LogP) is 3.59. The van der Waals surface area contributed by atoms with Crippen molar-refractivity contribution < 1.29 is 35.5 Å². The SMILES string of the molecule is Cc1cc(OC(C(F)(F)F)C(F)(F)F)c(N)cc1F. The molecule has 0 fully saturated rings. The molecule has 2 nitrogen and oxygen atoms in total. The van der Waals surface area contributed by atoms with Gasteiger partial charge < -0.3 is 10.5 Å². The minimum absolute atomic E-state index is 0.188. The zero-order valence-corrected chi connectivity index (χ0v) is 9.36. The summed E-state index contributed by atoms with van der Waals surface area (Å²) >= 11 is 0. The lowest BCUT2D eigenvalue weighted by Crippen LogP contribution is -2.46. The van der Waals surface area contributed by atoms with E-state index in [4.69, 9.17) is 5.73 Å². The van der Waals surface area contributed by atoms with Crippen molar-refractivity contribution in [1.82, 2.24) is 0 Å². The average molecular weight is 291 g/mol. The number of hydrogen-bond acceptors (Lipinski definition) is 2. The van der Waals surface area contributed by atoms with Gasteiger partial charge in [0, 0.05) is 6.07 Å². The summed E-state index contributed by atoms with van der Waals surface area (Å²) in [5, 5.41) is 0. The van der Waals surface area contributed by atoms with E-state index in [9.17, 15) is 30.7 Å². The summed E-state index contributed by atoms with van der Waals surface area (Å²) in [5.41, 5.74) is 4.29. The van der Waals surface area contributed by atoms with Crippen LogP contribution in [0, 0.1) is 12.7 Å². The largest absolute Gasteiger partial charge is 0.469 e. The molecule has 1 aromatic carbocycles. The Kier molecular flexibility index (Phi) is 3.87. The van der Waals surface area contributed by atoms with Crippen molar-refractivity contribution >= 4 is 5.69 Å². The Balaban J connectivity index is 3.15. The van der Waals surface area contributed by atoms with E-state index in [1.165, 1.54) is 0 Å². The van der Waals surface area contributed by atoms with Gasteiger partial charge in [-0.2, -0.15) is 26.3 Å². The van der Waals surface area contributed by atoms with Crippen LogP contribution in [0.15, 0.2) is 12.1 Å². The van der Waals surface area contributed by atoms with Crippen molar-refractivity contribution in [1.29, 1.82) is 0 Å². The van der Waals surface area contributed by atoms with Gasteiger partial charge in [-0.05, 0) is 18.6 Å². The van der Waals surface area contributed by atoms with Gasteiger partial charge in [-0.3, -0.25) is 0 Å². The minimum Gasteiger partial charge on any atom is -0.469 e. The number of nitrogens with two attached hydrogens (primary N) is 1. The number of ether oxygens (including phenoxy) is 1. The van der Waals surface area contributed by atoms with Gasteiger partial charge >= 0.3 is 12.4 Å². The van der Waals surface area contributed by atoms with Crippen LogP contribution < -0.4 is 10.5 Å². The minimum atomic E-state index is -5.66. The van der Waals surface area contributed by atoms with E-state index in [0.717, 1.165) is 6.92 Å². The van der Waals surface area contributed by atoms with Gasteiger partial charge in [-0.1, -0.05) is 0 Å². The highest BCUT2D eigenvalue weighted by molar-refractivity contribution is 5.54. The molecule has 9 heteroatoms. The molecule has 108 valence electrons. The fraction of sp³-hybridized carbons (Fsp3) is 0.400. The van der Waals surface area contributed by atoms with Crippen LogP contribution in [0.3, 0.4) is 0 Å². The van der Waals surface area contributed by atoms with Crippen LogP contribution in [0.2, 0.25) is 0 Å². The van der Waals surface area contributed by atoms with Crippen LogP contribution in [0.1, 0.15) is 5.56 Å². The van der Waals surface area contributed by atoms with Gasteiger partial charge in [0.15, 0.2) is 0 Å². The van der Waals surface area contributed by atoms with Crippen LogP contribution in [-0.2, 0) is 0 Å². The Labute approximate surface area is 103 Å². The highest BCUT2D eigenvalue weighted by Gasteiger charge is 2.59. The summed E-state index contributed by atoms with van der Waals surface area (Å²) in [6.45, 7) is 1.15. The van der Waals surface area contributed by atoms with Gasteiger partial charge in [0.2, 0.25) is 0 Å². The molecular weight excluding hydrogens is 283 g/mol. The standard InChI is InChI=1S/C10H8F7NO/c1-4-2-7(6(18)3-5(4)11)19-8(9(12,13)14)10(15,16)17/h2-3,8H,18H2,1H3. The first kappa shape index (κ1) is 15.4. The summed E-state index contributed by atoms with van der Waals surface area (Å²) in [7, 11) is 0. The molecule has 0 radical (unpaired) electrons. The number of aryl methyl sites for hydroxylation is 1. The Bertz CT molecular complexity index is 452. The second-order valence-corrected chi connectivity index (χ2v) is 3.72. The smallest absolute Gasteiger partial charge is 0.434 e. The van der Waals surface area contributed by atoms with E-state index in [-0.39, 0.29) is 5.56 Å². The molecule has 0 atom stereocenters. The topological polar surface area (TPSA) is 35.2 Å². The zero-order valence-electron chi connectivity index (χ0n) is 9.36. The third kappa shape index (κ3) is 3.65. The molecule has 0 unspecified atom stereocenters. The fourth-order valence-corrected chi connectivity index (χ4v) is 1.22. The number of rotatable bonds is 2. The lowest BCUT2D eigenvalue weighted by molar-refractivity contribution is -0.299. The molecule has 1 rings (SSSR count). The Hall–Kier alpha value is -1.67. The van der Waals surface area contributed by atoms with E-state index in [2.05, 4.69) is 4.74 Å². The normalized spacial score (nSPS) is 12.9. The monoisotopic (exact) mass is 291 g/mol. The van der Waals surface area contributed by atoms with Crippen molar-refractivity contribution in [2.45, 2.75) is 25.4 Å². The molecule has 0 aromatic heterocycles. The lowest BCUT2D eigenvalue weighted by Gasteiger charge is -2.24. The number of nitrogen functional groups attached to an aromatic ring is 1. The predicted molar refractivity (Wildman–Crippen MR) is 52.1 cm³/mol. The number of anilines is 1. The first-order valence-corrected chi connectivity index (χ1v) is 4.78. The number of halogens is 7. The summed E-state index contributed by atoms with van der Waals surface area (Å²) in [6, 6.07) is 1.27. The molecule has 0 spiro atoms. The average Bonchev–Trinajstić information content (AvgIpc) is 2.17. The van der Waals surface area contributed by atoms with Crippen molar-refractivity contribution in [2.24, 2.45) is 0 Å². The van der Waals surface area contributed by atoms with Gasteiger partial charge in [-0.15, -0.1) is 0 Å². The van der Waals surface area contributed by atoms with E-state index in [1.807, 2.05) is 0 Å². The van der Waals surface area contributed by atoms with Crippen LogP contribution >= 0.6 is 0 Å². The van der Waals surface area contributed by atoms with Gasteiger partial charge in [0.05, 0.1) is 5.69 Å². The molecule has 0 aliphatic rings. The molecule has 2 N–H and O–H groups in total. The van der Waals surface area contributed by atoms with Crippen LogP contribution in [0.4, 0.5) is 36.4 Å². The maximum atomic E-state index is 13.0. The zero-order chi connectivity index (χ0) is 15.0. The summed E-state index contributed by atoms with van der Waals surface area (Å²) in [4.78, 5) is 0. The molecule has 0 saturated heterocycles. The summed E-state index contributed by atoms with van der Waals surface area (Å²) in [5.74, 6) is -1.74. The molecule has 19 heavy (non-hydrogen) atoms. The van der Waals surface area contributed by atoms with Gasteiger partial charge in [-0.25, -0.2) is 4.39 Å². The number of alkyl halides is 6. The molecule has 1 aromatic rings. The van der Waals surface area contributed by atoms with Gasteiger partial charge in [0.1, 0.15) is 11.6 Å². The number of benzene rings is 1. The van der Waals surface area contributed by atoms with E-state index in [0.29, 0.717) is 12.1 Å². The second kappa shape index (κ2) is 4.78. The van der Waals surface area contributed by atoms with Crippen molar-refractivity contribution in [3.63, 3.8) is 0 Å². The third-order valence-corrected chi connectivity index (χ3v) is 2.13. The molecule has 0 bridgehead atoms. The quantitative estimate of drug-likeness (QED) is 0.667. The lowest BCUT2D eigenvalue weighted by atomic mass is 10.2. The first-order chi connectivity index (χ1) is 8.43. The van der Waals surface area contributed by atoms with Crippen LogP contribution in [0.25, 0.3) is 0 Å². The van der Waals surface area contributed by atoms with Crippen molar-refractivity contribution in [2.75, 3.05) is 5.73 Å². The Morgan fingerprint density at radius 1 is 1.05 bits per heavy atom. The highest BCUT2D eigenvalue weighted by atomic mass is 19.4. The maximum Gasteiger partial charge on any atom is 0.434 e. The second-order valence-electron chi connectivity index (χ2n) is 3.72.